The van der Waals surface area contributed by atoms with Crippen molar-refractivity contribution in [2.24, 2.45) is 0 Å². The van der Waals surface area contributed by atoms with E-state index >= 15 is 0 Å². The molecule has 0 aliphatic rings. The van der Waals surface area contributed by atoms with E-state index in [1.54, 1.807) is 11.8 Å². The highest BCUT2D eigenvalue weighted by Crippen LogP contribution is 2.30. The van der Waals surface area contributed by atoms with Crippen LogP contribution in [0.1, 0.15) is 13.8 Å². The molecule has 0 radical (unpaired) electrons. The number of nitrogens with zero attached hydrogens (tertiary/aromatic N) is 4. The van der Waals surface area contributed by atoms with E-state index in [0.717, 1.165) is 18.0 Å². The van der Waals surface area contributed by atoms with Gasteiger partial charge in [-0.05, 0) is 32.2 Å². The van der Waals surface area contributed by atoms with Crippen molar-refractivity contribution in [1.29, 1.82) is 0 Å². The highest BCUT2D eigenvalue weighted by Gasteiger charge is 2.12. The van der Waals surface area contributed by atoms with Crippen LogP contribution in [0.4, 0.5) is 11.9 Å². The maximum absolute atomic E-state index is 5.77. The van der Waals surface area contributed by atoms with Gasteiger partial charge in [-0.25, -0.2) is 0 Å². The number of aromatic nitrogens is 3. The Morgan fingerprint density at radius 1 is 1.14 bits per heavy atom. The molecule has 0 amide bonds. The van der Waals surface area contributed by atoms with Crippen LogP contribution >= 0.6 is 11.8 Å². The summed E-state index contributed by atoms with van der Waals surface area (Å²) in [6.07, 6.45) is 1.99. The number of benzene rings is 1. The number of anilines is 2. The number of nitrogen functional groups attached to an aromatic ring is 1. The quantitative estimate of drug-likeness (QED) is 0.822. The Balaban J connectivity index is 2.32. The maximum Gasteiger partial charge on any atom is 0.328 e. The Kier molecular flexibility index (Phi) is 5.21. The molecule has 1 aromatic carbocycles. The first-order chi connectivity index (χ1) is 10.2. The zero-order valence-electron chi connectivity index (χ0n) is 12.4. The molecule has 0 fully saturated rings. The summed E-state index contributed by atoms with van der Waals surface area (Å²) in [6.45, 7) is 5.65. The van der Waals surface area contributed by atoms with Crippen molar-refractivity contribution in [3.63, 3.8) is 0 Å². The summed E-state index contributed by atoms with van der Waals surface area (Å²) in [5, 5.41) is 0. The molecule has 1 aromatic heterocycles. The van der Waals surface area contributed by atoms with Crippen molar-refractivity contribution in [2.75, 3.05) is 30.0 Å². The third-order valence-corrected chi connectivity index (χ3v) is 3.71. The molecular weight excluding hydrogens is 286 g/mol. The molecule has 0 spiro atoms. The summed E-state index contributed by atoms with van der Waals surface area (Å²) in [4.78, 5) is 15.6. The van der Waals surface area contributed by atoms with Crippen LogP contribution < -0.4 is 15.4 Å². The Morgan fingerprint density at radius 2 is 1.86 bits per heavy atom. The van der Waals surface area contributed by atoms with Gasteiger partial charge in [-0.1, -0.05) is 12.1 Å². The van der Waals surface area contributed by atoms with E-state index in [0.29, 0.717) is 11.7 Å². The SMILES string of the molecule is CCN(CC)c1nc(N)nc(Oc2ccccc2SC)n1. The summed E-state index contributed by atoms with van der Waals surface area (Å²) in [7, 11) is 0. The second-order valence-electron chi connectivity index (χ2n) is 4.20. The Morgan fingerprint density at radius 3 is 2.52 bits per heavy atom. The van der Waals surface area contributed by atoms with Crippen molar-refractivity contribution in [2.45, 2.75) is 18.7 Å². The zero-order chi connectivity index (χ0) is 15.2. The summed E-state index contributed by atoms with van der Waals surface area (Å²) in [6, 6.07) is 7.94. The van der Waals surface area contributed by atoms with Gasteiger partial charge < -0.3 is 15.4 Å². The lowest BCUT2D eigenvalue weighted by Crippen LogP contribution is -2.25. The molecule has 0 unspecified atom stereocenters. The first kappa shape index (κ1) is 15.4. The largest absolute Gasteiger partial charge is 0.423 e. The minimum atomic E-state index is 0.156. The standard InChI is InChI=1S/C14H19N5OS/c1-4-19(5-2)13-16-12(15)17-14(18-13)20-10-8-6-7-9-11(10)21-3/h6-9H,4-5H2,1-3H3,(H2,15,16,17,18). The van der Waals surface area contributed by atoms with E-state index in [1.807, 2.05) is 49.3 Å². The normalized spacial score (nSPS) is 10.4. The Hall–Kier alpha value is -2.02. The highest BCUT2D eigenvalue weighted by molar-refractivity contribution is 7.98. The number of ether oxygens (including phenoxy) is 1. The number of thioether (sulfide) groups is 1. The minimum absolute atomic E-state index is 0.156. The van der Waals surface area contributed by atoms with Gasteiger partial charge in [-0.2, -0.15) is 15.0 Å². The van der Waals surface area contributed by atoms with Crippen molar-refractivity contribution >= 4 is 23.7 Å². The lowest BCUT2D eigenvalue weighted by atomic mass is 10.3. The van der Waals surface area contributed by atoms with Crippen LogP contribution in [-0.4, -0.2) is 34.3 Å². The van der Waals surface area contributed by atoms with Crippen LogP contribution in [-0.2, 0) is 0 Å². The number of hydrogen-bond acceptors (Lipinski definition) is 7. The van der Waals surface area contributed by atoms with E-state index in [9.17, 15) is 0 Å². The maximum atomic E-state index is 5.77. The van der Waals surface area contributed by atoms with E-state index in [2.05, 4.69) is 15.0 Å². The fourth-order valence-electron chi connectivity index (χ4n) is 1.86. The molecule has 0 bridgehead atoms. The molecule has 0 aliphatic heterocycles. The highest BCUT2D eigenvalue weighted by atomic mass is 32.2. The summed E-state index contributed by atoms with van der Waals surface area (Å²) in [5.41, 5.74) is 5.76. The number of hydrogen-bond donors (Lipinski definition) is 1. The lowest BCUT2D eigenvalue weighted by Gasteiger charge is -2.18. The van der Waals surface area contributed by atoms with Crippen molar-refractivity contribution in [3.8, 4) is 11.8 Å². The van der Waals surface area contributed by atoms with Gasteiger partial charge in [0.05, 0.1) is 0 Å². The van der Waals surface area contributed by atoms with Crippen LogP contribution in [0.5, 0.6) is 11.8 Å². The smallest absolute Gasteiger partial charge is 0.328 e. The second-order valence-corrected chi connectivity index (χ2v) is 5.05. The topological polar surface area (TPSA) is 77.2 Å². The van der Waals surface area contributed by atoms with Gasteiger partial charge >= 0.3 is 6.01 Å². The predicted octanol–water partition coefficient (Wildman–Crippen LogP) is 2.81. The second kappa shape index (κ2) is 7.12. The van der Waals surface area contributed by atoms with Crippen LogP contribution in [0.2, 0.25) is 0 Å². The van der Waals surface area contributed by atoms with Crippen LogP contribution in [0, 0.1) is 0 Å². The van der Waals surface area contributed by atoms with E-state index < -0.39 is 0 Å². The van der Waals surface area contributed by atoms with Gasteiger partial charge in [0.1, 0.15) is 5.75 Å². The van der Waals surface area contributed by atoms with Gasteiger partial charge in [0, 0.05) is 18.0 Å². The monoisotopic (exact) mass is 305 g/mol. The Labute approximate surface area is 128 Å². The molecule has 0 saturated heterocycles. The van der Waals surface area contributed by atoms with Crippen molar-refractivity contribution in [1.82, 2.24) is 15.0 Å². The van der Waals surface area contributed by atoms with Gasteiger partial charge in [0.15, 0.2) is 0 Å². The van der Waals surface area contributed by atoms with E-state index in [-0.39, 0.29) is 12.0 Å². The third kappa shape index (κ3) is 3.75. The summed E-state index contributed by atoms with van der Waals surface area (Å²) >= 11 is 1.60. The molecule has 1 heterocycles. The van der Waals surface area contributed by atoms with Crippen molar-refractivity contribution < 1.29 is 4.74 Å². The first-order valence-electron chi connectivity index (χ1n) is 6.75. The molecular formula is C14H19N5OS. The average Bonchev–Trinajstić information content (AvgIpc) is 2.48. The van der Waals surface area contributed by atoms with Crippen molar-refractivity contribution in [3.05, 3.63) is 24.3 Å². The molecule has 2 N–H and O–H groups in total. The fourth-order valence-corrected chi connectivity index (χ4v) is 2.38. The number of rotatable bonds is 6. The molecule has 0 atom stereocenters. The summed E-state index contributed by atoms with van der Waals surface area (Å²) < 4.78 is 5.77. The van der Waals surface area contributed by atoms with E-state index in [4.69, 9.17) is 10.5 Å². The molecule has 2 rings (SSSR count). The average molecular weight is 305 g/mol. The number of nitrogens with two attached hydrogens (primary N) is 1. The molecule has 21 heavy (non-hydrogen) atoms. The van der Waals surface area contributed by atoms with E-state index in [1.165, 1.54) is 0 Å². The van der Waals surface area contributed by atoms with Gasteiger partial charge in [0.25, 0.3) is 0 Å². The molecule has 2 aromatic rings. The fraction of sp³-hybridized carbons (Fsp3) is 0.357. The number of para-hydroxylation sites is 1. The van der Waals surface area contributed by atoms with Gasteiger partial charge in [-0.3, -0.25) is 0 Å². The minimum Gasteiger partial charge on any atom is -0.423 e. The van der Waals surface area contributed by atoms with Crippen LogP contribution in [0.3, 0.4) is 0 Å². The van der Waals surface area contributed by atoms with Gasteiger partial charge in [-0.15, -0.1) is 11.8 Å². The van der Waals surface area contributed by atoms with Crippen LogP contribution in [0.25, 0.3) is 0 Å². The molecule has 7 heteroatoms. The van der Waals surface area contributed by atoms with Crippen LogP contribution in [0.15, 0.2) is 29.2 Å². The third-order valence-electron chi connectivity index (χ3n) is 2.94. The first-order valence-corrected chi connectivity index (χ1v) is 7.97. The Bertz CT molecular complexity index is 604. The lowest BCUT2D eigenvalue weighted by molar-refractivity contribution is 0.430. The van der Waals surface area contributed by atoms with Gasteiger partial charge in [0.2, 0.25) is 11.9 Å². The summed E-state index contributed by atoms with van der Waals surface area (Å²) in [5.74, 6) is 1.40. The predicted molar refractivity (Wildman–Crippen MR) is 86.1 cm³/mol. The molecule has 0 saturated carbocycles. The molecule has 112 valence electrons. The zero-order valence-corrected chi connectivity index (χ0v) is 13.2. The molecule has 0 aliphatic carbocycles. The molecule has 6 nitrogen and oxygen atoms in total.